The quantitative estimate of drug-likeness (QED) is 0.867. The summed E-state index contributed by atoms with van der Waals surface area (Å²) in [6, 6.07) is 9.37. The topological polar surface area (TPSA) is 62.2 Å². The molecule has 0 amide bonds. The zero-order valence-electron chi connectivity index (χ0n) is 10.1. The molecule has 1 aromatic carbocycles. The highest BCUT2D eigenvalue weighted by molar-refractivity contribution is 5.92. The number of nitrogens with zero attached hydrogens (tertiary/aromatic N) is 1. The van der Waals surface area contributed by atoms with Gasteiger partial charge in [0.15, 0.2) is 0 Å². The third-order valence-electron chi connectivity index (χ3n) is 2.63. The van der Waals surface area contributed by atoms with Crippen molar-refractivity contribution in [2.24, 2.45) is 0 Å². The molecule has 2 rings (SSSR count). The van der Waals surface area contributed by atoms with Crippen molar-refractivity contribution in [3.05, 3.63) is 59.5 Å². The number of pyridine rings is 1. The van der Waals surface area contributed by atoms with Crippen molar-refractivity contribution in [3.8, 4) is 0 Å². The lowest BCUT2D eigenvalue weighted by atomic mass is 10.1. The normalized spacial score (nSPS) is 10.2. The lowest BCUT2D eigenvalue weighted by Crippen LogP contribution is -2.11. The maximum atomic E-state index is 13.0. The molecule has 2 aromatic rings. The highest BCUT2D eigenvalue weighted by Gasteiger charge is 2.09. The van der Waals surface area contributed by atoms with E-state index in [9.17, 15) is 9.18 Å². The summed E-state index contributed by atoms with van der Waals surface area (Å²) in [5.74, 6) is -0.977. The van der Waals surface area contributed by atoms with Crippen LogP contribution < -0.4 is 5.32 Å². The lowest BCUT2D eigenvalue weighted by molar-refractivity contribution is 0.0697. The molecule has 19 heavy (non-hydrogen) atoms. The highest BCUT2D eigenvalue weighted by atomic mass is 19.1. The van der Waals surface area contributed by atoms with E-state index >= 15 is 0 Å². The van der Waals surface area contributed by atoms with Crippen LogP contribution >= 0.6 is 0 Å². The fourth-order valence-electron chi connectivity index (χ4n) is 1.74. The number of aromatic nitrogens is 1. The minimum absolute atomic E-state index is 0.127. The average Bonchev–Trinajstić information content (AvgIpc) is 2.39. The molecule has 0 bridgehead atoms. The zero-order chi connectivity index (χ0) is 13.7. The Bertz CT molecular complexity index is 587. The maximum absolute atomic E-state index is 13.0. The minimum atomic E-state index is -1.03. The van der Waals surface area contributed by atoms with Gasteiger partial charge in [-0.15, -0.1) is 0 Å². The molecular formula is C14H13FN2O2. The third kappa shape index (κ3) is 3.51. The summed E-state index contributed by atoms with van der Waals surface area (Å²) in [4.78, 5) is 15.0. The predicted molar refractivity (Wildman–Crippen MR) is 69.8 cm³/mol. The van der Waals surface area contributed by atoms with Gasteiger partial charge in [-0.2, -0.15) is 0 Å². The highest BCUT2D eigenvalue weighted by Crippen LogP contribution is 2.11. The van der Waals surface area contributed by atoms with Gasteiger partial charge in [0.25, 0.3) is 0 Å². The first kappa shape index (κ1) is 13.0. The van der Waals surface area contributed by atoms with E-state index < -0.39 is 5.97 Å². The molecule has 1 aromatic heterocycles. The van der Waals surface area contributed by atoms with Crippen LogP contribution in [-0.2, 0) is 6.42 Å². The van der Waals surface area contributed by atoms with E-state index in [4.69, 9.17) is 5.11 Å². The molecule has 0 unspecified atom stereocenters. The second-order valence-electron chi connectivity index (χ2n) is 4.01. The first-order valence-electron chi connectivity index (χ1n) is 5.83. The molecule has 0 fully saturated rings. The number of carbonyl (C=O) groups is 1. The largest absolute Gasteiger partial charge is 0.478 e. The van der Waals surface area contributed by atoms with Crippen LogP contribution in [0.4, 0.5) is 10.2 Å². The monoisotopic (exact) mass is 260 g/mol. The molecule has 0 atom stereocenters. The van der Waals surface area contributed by atoms with Crippen molar-refractivity contribution in [2.75, 3.05) is 11.9 Å². The van der Waals surface area contributed by atoms with Crippen LogP contribution in [0.5, 0.6) is 0 Å². The number of carboxylic acid groups (broad SMARTS) is 1. The van der Waals surface area contributed by atoms with Crippen molar-refractivity contribution < 1.29 is 14.3 Å². The predicted octanol–water partition coefficient (Wildman–Crippen LogP) is 2.57. The number of hydrogen-bond acceptors (Lipinski definition) is 3. The van der Waals surface area contributed by atoms with Crippen LogP contribution in [0.3, 0.4) is 0 Å². The second-order valence-corrected chi connectivity index (χ2v) is 4.01. The fraction of sp³-hybridized carbons (Fsp3) is 0.143. The number of nitrogens with one attached hydrogen (secondary N) is 1. The van der Waals surface area contributed by atoms with Gasteiger partial charge in [-0.05, 0) is 36.2 Å². The molecule has 4 nitrogen and oxygen atoms in total. The third-order valence-corrected chi connectivity index (χ3v) is 2.63. The van der Waals surface area contributed by atoms with Gasteiger partial charge in [0, 0.05) is 12.7 Å². The van der Waals surface area contributed by atoms with Crippen molar-refractivity contribution in [1.82, 2.24) is 4.98 Å². The summed E-state index contributed by atoms with van der Waals surface area (Å²) < 4.78 is 13.0. The Morgan fingerprint density at radius 2 is 2.16 bits per heavy atom. The Balaban J connectivity index is 1.98. The molecule has 0 spiro atoms. The SMILES string of the molecule is O=C(O)c1cccnc1NCCc1cccc(F)c1. The Kier molecular flexibility index (Phi) is 4.07. The van der Waals surface area contributed by atoms with Crippen LogP contribution in [0.25, 0.3) is 0 Å². The molecule has 2 N–H and O–H groups in total. The summed E-state index contributed by atoms with van der Waals surface area (Å²) in [5, 5.41) is 11.9. The fourth-order valence-corrected chi connectivity index (χ4v) is 1.74. The molecule has 0 aliphatic rings. The Hall–Kier alpha value is -2.43. The van der Waals surface area contributed by atoms with Gasteiger partial charge in [-0.1, -0.05) is 12.1 Å². The Morgan fingerprint density at radius 3 is 2.89 bits per heavy atom. The summed E-state index contributed by atoms with van der Waals surface area (Å²) >= 11 is 0. The zero-order valence-corrected chi connectivity index (χ0v) is 10.1. The van der Waals surface area contributed by atoms with Crippen molar-refractivity contribution in [2.45, 2.75) is 6.42 Å². The van der Waals surface area contributed by atoms with Crippen molar-refractivity contribution in [3.63, 3.8) is 0 Å². The summed E-state index contributed by atoms with van der Waals surface area (Å²) in [5.41, 5.74) is 0.974. The summed E-state index contributed by atoms with van der Waals surface area (Å²) in [6.45, 7) is 0.487. The second kappa shape index (κ2) is 5.95. The average molecular weight is 260 g/mol. The minimum Gasteiger partial charge on any atom is -0.478 e. The molecule has 0 radical (unpaired) electrons. The molecule has 98 valence electrons. The number of rotatable bonds is 5. The molecule has 5 heteroatoms. The molecule has 0 saturated carbocycles. The lowest BCUT2D eigenvalue weighted by Gasteiger charge is -2.08. The van der Waals surface area contributed by atoms with Crippen LogP contribution in [0.2, 0.25) is 0 Å². The Labute approximate surface area is 109 Å². The van der Waals surface area contributed by atoms with Crippen LogP contribution in [0, 0.1) is 5.82 Å². The smallest absolute Gasteiger partial charge is 0.339 e. The van der Waals surface area contributed by atoms with E-state index in [-0.39, 0.29) is 11.4 Å². The van der Waals surface area contributed by atoms with E-state index in [0.29, 0.717) is 18.8 Å². The summed E-state index contributed by atoms with van der Waals surface area (Å²) in [6.07, 6.45) is 2.12. The van der Waals surface area contributed by atoms with E-state index in [1.807, 2.05) is 6.07 Å². The van der Waals surface area contributed by atoms with E-state index in [1.165, 1.54) is 24.4 Å². The first-order chi connectivity index (χ1) is 9.16. The van der Waals surface area contributed by atoms with Crippen molar-refractivity contribution in [1.29, 1.82) is 0 Å². The molecule has 0 saturated heterocycles. The van der Waals surface area contributed by atoms with Crippen LogP contribution in [-0.4, -0.2) is 22.6 Å². The van der Waals surface area contributed by atoms with E-state index in [0.717, 1.165) is 5.56 Å². The number of carboxylic acids is 1. The van der Waals surface area contributed by atoms with Gasteiger partial charge >= 0.3 is 5.97 Å². The van der Waals surface area contributed by atoms with Gasteiger partial charge in [-0.3, -0.25) is 0 Å². The maximum Gasteiger partial charge on any atom is 0.339 e. The standard InChI is InChI=1S/C14H13FN2O2/c15-11-4-1-3-10(9-11)6-8-17-13-12(14(18)19)5-2-7-16-13/h1-5,7,9H,6,8H2,(H,16,17)(H,18,19). The summed E-state index contributed by atoms with van der Waals surface area (Å²) in [7, 11) is 0. The van der Waals surface area contributed by atoms with Gasteiger partial charge < -0.3 is 10.4 Å². The molecular weight excluding hydrogens is 247 g/mol. The number of benzene rings is 1. The van der Waals surface area contributed by atoms with Crippen molar-refractivity contribution >= 4 is 11.8 Å². The Morgan fingerprint density at radius 1 is 1.32 bits per heavy atom. The number of halogens is 1. The number of anilines is 1. The van der Waals surface area contributed by atoms with Gasteiger partial charge in [0.1, 0.15) is 17.2 Å². The van der Waals surface area contributed by atoms with Gasteiger partial charge in [0.2, 0.25) is 0 Å². The molecule has 1 heterocycles. The van der Waals surface area contributed by atoms with E-state index in [1.54, 1.807) is 12.1 Å². The number of hydrogen-bond donors (Lipinski definition) is 2. The van der Waals surface area contributed by atoms with Gasteiger partial charge in [0.05, 0.1) is 0 Å². The number of aromatic carboxylic acids is 1. The molecule has 0 aliphatic carbocycles. The van der Waals surface area contributed by atoms with E-state index in [2.05, 4.69) is 10.3 Å². The molecule has 0 aliphatic heterocycles. The first-order valence-corrected chi connectivity index (χ1v) is 5.83. The van der Waals surface area contributed by atoms with Crippen LogP contribution in [0.15, 0.2) is 42.6 Å². The van der Waals surface area contributed by atoms with Gasteiger partial charge in [-0.25, -0.2) is 14.2 Å². The van der Waals surface area contributed by atoms with Crippen LogP contribution in [0.1, 0.15) is 15.9 Å².